The van der Waals surface area contributed by atoms with Gasteiger partial charge in [-0.3, -0.25) is 9.59 Å². The van der Waals surface area contributed by atoms with Crippen molar-refractivity contribution in [1.82, 2.24) is 0 Å². The lowest BCUT2D eigenvalue weighted by atomic mass is 10.1. The van der Waals surface area contributed by atoms with Crippen LogP contribution in [-0.4, -0.2) is 18.3 Å². The summed E-state index contributed by atoms with van der Waals surface area (Å²) in [5, 5.41) is 0. The Labute approximate surface area is 101 Å². The molecule has 1 aromatic rings. The van der Waals surface area contributed by atoms with E-state index in [0.29, 0.717) is 0 Å². The van der Waals surface area contributed by atoms with Gasteiger partial charge in [-0.05, 0) is 5.56 Å². The topological polar surface area (TPSA) is 69.4 Å². The molecule has 4 nitrogen and oxygen atoms in total. The van der Waals surface area contributed by atoms with Crippen molar-refractivity contribution in [2.24, 2.45) is 11.7 Å². The maximum atomic E-state index is 11.6. The molecule has 1 atom stereocenters. The quantitative estimate of drug-likeness (QED) is 0.754. The molecule has 0 radical (unpaired) electrons. The third kappa shape index (κ3) is 4.78. The van der Waals surface area contributed by atoms with Crippen LogP contribution >= 0.6 is 0 Å². The van der Waals surface area contributed by atoms with Crippen LogP contribution in [0.5, 0.6) is 0 Å². The third-order valence-corrected chi connectivity index (χ3v) is 2.39. The fourth-order valence-corrected chi connectivity index (χ4v) is 1.38. The lowest BCUT2D eigenvalue weighted by molar-refractivity contribution is -0.150. The molecule has 0 fully saturated rings. The van der Waals surface area contributed by atoms with E-state index >= 15 is 0 Å². The Bertz CT molecular complexity index is 376. The Morgan fingerprint density at radius 2 is 1.94 bits per heavy atom. The highest BCUT2D eigenvalue weighted by molar-refractivity contribution is 5.85. The van der Waals surface area contributed by atoms with Gasteiger partial charge in [0.25, 0.3) is 0 Å². The summed E-state index contributed by atoms with van der Waals surface area (Å²) in [6, 6.07) is 9.41. The molecule has 0 spiro atoms. The monoisotopic (exact) mass is 235 g/mol. The first-order valence-corrected chi connectivity index (χ1v) is 5.55. The van der Waals surface area contributed by atoms with Gasteiger partial charge in [-0.15, -0.1) is 0 Å². The number of ether oxygens (including phenoxy) is 1. The molecule has 2 N–H and O–H groups in total. The number of Topliss-reactive ketones (excluding diaryl/α,β-unsaturated/α-hetero) is 1. The van der Waals surface area contributed by atoms with Crippen molar-refractivity contribution in [2.75, 3.05) is 6.54 Å². The summed E-state index contributed by atoms with van der Waals surface area (Å²) in [5.74, 6) is -0.931. The first kappa shape index (κ1) is 13.4. The molecular formula is C13H17NO3. The molecule has 1 aromatic carbocycles. The predicted molar refractivity (Wildman–Crippen MR) is 64.1 cm³/mol. The van der Waals surface area contributed by atoms with Crippen molar-refractivity contribution in [3.63, 3.8) is 0 Å². The van der Waals surface area contributed by atoms with E-state index in [-0.39, 0.29) is 31.3 Å². The molecule has 0 heterocycles. The van der Waals surface area contributed by atoms with Gasteiger partial charge in [0.15, 0.2) is 0 Å². The van der Waals surface area contributed by atoms with E-state index in [1.54, 1.807) is 6.92 Å². The summed E-state index contributed by atoms with van der Waals surface area (Å²) in [7, 11) is 0. The molecule has 4 heteroatoms. The van der Waals surface area contributed by atoms with E-state index in [1.807, 2.05) is 30.3 Å². The van der Waals surface area contributed by atoms with Crippen LogP contribution in [0.25, 0.3) is 0 Å². The number of rotatable bonds is 6. The standard InChI is InChI=1S/C13H17NO3/c1-10(7-12(15)8-14)13(16)17-9-11-5-3-2-4-6-11/h2-6,10H,7-9,14H2,1H3. The summed E-state index contributed by atoms with van der Waals surface area (Å²) in [4.78, 5) is 22.6. The molecule has 0 aliphatic carbocycles. The Balaban J connectivity index is 2.37. The lowest BCUT2D eigenvalue weighted by Crippen LogP contribution is -2.22. The van der Waals surface area contributed by atoms with Crippen molar-refractivity contribution in [2.45, 2.75) is 20.0 Å². The Morgan fingerprint density at radius 1 is 1.29 bits per heavy atom. The fourth-order valence-electron chi connectivity index (χ4n) is 1.38. The lowest BCUT2D eigenvalue weighted by Gasteiger charge is -2.10. The molecule has 0 amide bonds. The van der Waals surface area contributed by atoms with Crippen molar-refractivity contribution in [3.8, 4) is 0 Å². The van der Waals surface area contributed by atoms with Gasteiger partial charge in [0, 0.05) is 6.42 Å². The van der Waals surface area contributed by atoms with Crippen molar-refractivity contribution in [3.05, 3.63) is 35.9 Å². The number of nitrogens with two attached hydrogens (primary N) is 1. The van der Waals surface area contributed by atoms with Crippen LogP contribution in [0.4, 0.5) is 0 Å². The fraction of sp³-hybridized carbons (Fsp3) is 0.385. The molecule has 0 saturated heterocycles. The summed E-state index contributed by atoms with van der Waals surface area (Å²) < 4.78 is 5.10. The summed E-state index contributed by atoms with van der Waals surface area (Å²) in [5.41, 5.74) is 6.11. The number of hydrogen-bond donors (Lipinski definition) is 1. The predicted octanol–water partition coefficient (Wildman–Crippen LogP) is 1.28. The van der Waals surface area contributed by atoms with Crippen LogP contribution in [0.2, 0.25) is 0 Å². The van der Waals surface area contributed by atoms with E-state index in [4.69, 9.17) is 10.5 Å². The number of esters is 1. The normalized spacial score (nSPS) is 11.9. The second kappa shape index (κ2) is 6.81. The summed E-state index contributed by atoms with van der Waals surface area (Å²) in [6.45, 7) is 1.87. The van der Waals surface area contributed by atoms with E-state index < -0.39 is 5.92 Å². The largest absolute Gasteiger partial charge is 0.461 e. The van der Waals surface area contributed by atoms with Gasteiger partial charge in [0.2, 0.25) is 0 Å². The first-order chi connectivity index (χ1) is 8.13. The van der Waals surface area contributed by atoms with E-state index in [1.165, 1.54) is 0 Å². The SMILES string of the molecule is CC(CC(=O)CN)C(=O)OCc1ccccc1. The second-order valence-corrected chi connectivity index (χ2v) is 3.94. The highest BCUT2D eigenvalue weighted by atomic mass is 16.5. The van der Waals surface area contributed by atoms with Gasteiger partial charge in [-0.25, -0.2) is 0 Å². The van der Waals surface area contributed by atoms with Crippen molar-refractivity contribution in [1.29, 1.82) is 0 Å². The Kier molecular flexibility index (Phi) is 5.36. The molecule has 92 valence electrons. The molecule has 0 bridgehead atoms. The first-order valence-electron chi connectivity index (χ1n) is 5.55. The van der Waals surface area contributed by atoms with Crippen LogP contribution in [0.1, 0.15) is 18.9 Å². The molecule has 0 aliphatic heterocycles. The van der Waals surface area contributed by atoms with Gasteiger partial charge in [0.1, 0.15) is 12.4 Å². The highest BCUT2D eigenvalue weighted by Crippen LogP contribution is 2.08. The molecule has 17 heavy (non-hydrogen) atoms. The zero-order valence-electron chi connectivity index (χ0n) is 9.89. The van der Waals surface area contributed by atoms with E-state index in [0.717, 1.165) is 5.56 Å². The molecule has 0 aliphatic rings. The van der Waals surface area contributed by atoms with E-state index in [2.05, 4.69) is 0 Å². The molecular weight excluding hydrogens is 218 g/mol. The minimum absolute atomic E-state index is 0.0314. The average molecular weight is 235 g/mol. The van der Waals surface area contributed by atoms with Gasteiger partial charge < -0.3 is 10.5 Å². The highest BCUT2D eigenvalue weighted by Gasteiger charge is 2.17. The van der Waals surface area contributed by atoms with Crippen molar-refractivity contribution >= 4 is 11.8 Å². The minimum atomic E-state index is -0.435. The molecule has 0 saturated carbocycles. The zero-order chi connectivity index (χ0) is 12.7. The Hall–Kier alpha value is -1.68. The summed E-state index contributed by atoms with van der Waals surface area (Å²) >= 11 is 0. The van der Waals surface area contributed by atoms with Gasteiger partial charge in [-0.2, -0.15) is 0 Å². The number of carbonyl (C=O) groups is 2. The molecule has 0 aromatic heterocycles. The van der Waals surface area contributed by atoms with Gasteiger partial charge >= 0.3 is 5.97 Å². The second-order valence-electron chi connectivity index (χ2n) is 3.94. The number of ketones is 1. The van der Waals surface area contributed by atoms with Crippen LogP contribution in [0, 0.1) is 5.92 Å². The van der Waals surface area contributed by atoms with Crippen LogP contribution in [0.3, 0.4) is 0 Å². The maximum absolute atomic E-state index is 11.6. The Morgan fingerprint density at radius 3 is 2.53 bits per heavy atom. The third-order valence-electron chi connectivity index (χ3n) is 2.39. The van der Waals surface area contributed by atoms with Crippen LogP contribution in [-0.2, 0) is 20.9 Å². The number of hydrogen-bond acceptors (Lipinski definition) is 4. The van der Waals surface area contributed by atoms with E-state index in [9.17, 15) is 9.59 Å². The number of benzene rings is 1. The molecule has 1 rings (SSSR count). The van der Waals surface area contributed by atoms with Crippen LogP contribution in [0.15, 0.2) is 30.3 Å². The zero-order valence-corrected chi connectivity index (χ0v) is 9.89. The van der Waals surface area contributed by atoms with Gasteiger partial charge in [0.05, 0.1) is 12.5 Å². The van der Waals surface area contributed by atoms with Gasteiger partial charge in [-0.1, -0.05) is 37.3 Å². The minimum Gasteiger partial charge on any atom is -0.461 e. The molecule has 1 unspecified atom stereocenters. The average Bonchev–Trinajstić information content (AvgIpc) is 2.36. The smallest absolute Gasteiger partial charge is 0.309 e. The maximum Gasteiger partial charge on any atom is 0.309 e. The summed E-state index contributed by atoms with van der Waals surface area (Å²) in [6.07, 6.45) is 0.143. The van der Waals surface area contributed by atoms with Crippen molar-refractivity contribution < 1.29 is 14.3 Å². The number of carbonyl (C=O) groups excluding carboxylic acids is 2. The van der Waals surface area contributed by atoms with Crippen LogP contribution < -0.4 is 5.73 Å².